The van der Waals surface area contributed by atoms with Crippen molar-refractivity contribution < 1.29 is 17.9 Å². The second-order valence-electron chi connectivity index (χ2n) is 6.57. The number of nitrogen functional groups attached to an aromatic ring is 1. The highest BCUT2D eigenvalue weighted by molar-refractivity contribution is 7.90. The van der Waals surface area contributed by atoms with E-state index in [4.69, 9.17) is 10.5 Å². The molecule has 4 aromatic rings. The summed E-state index contributed by atoms with van der Waals surface area (Å²) in [7, 11) is -4.04. The number of hydrogen-bond donors (Lipinski definition) is 2. The maximum Gasteiger partial charge on any atom is 0.338 e. The van der Waals surface area contributed by atoms with Crippen molar-refractivity contribution >= 4 is 44.3 Å². The number of esters is 1. The van der Waals surface area contributed by atoms with E-state index in [1.165, 1.54) is 6.07 Å². The lowest BCUT2D eigenvalue weighted by atomic mass is 10.1. The lowest BCUT2D eigenvalue weighted by Crippen LogP contribution is -2.17. The van der Waals surface area contributed by atoms with Gasteiger partial charge in [-0.15, -0.1) is 9.19 Å². The fraction of sp³-hybridized carbons (Fsp3) is 0.0952. The van der Waals surface area contributed by atoms with Gasteiger partial charge in [0.05, 0.1) is 17.1 Å². The van der Waals surface area contributed by atoms with Gasteiger partial charge in [0.2, 0.25) is 11.9 Å². The molecule has 9 nitrogen and oxygen atoms in total. The fourth-order valence-corrected chi connectivity index (χ4v) is 4.19. The molecular weight excluding hydrogens is 418 g/mol. The van der Waals surface area contributed by atoms with Crippen LogP contribution in [0.1, 0.15) is 17.3 Å². The molecule has 0 fully saturated rings. The minimum absolute atomic E-state index is 0.00532. The molecule has 0 unspecified atom stereocenters. The molecule has 158 valence electrons. The maximum absolute atomic E-state index is 13.0. The zero-order chi connectivity index (χ0) is 22.0. The monoisotopic (exact) mass is 437 g/mol. The Bertz CT molecular complexity index is 1360. The molecule has 0 atom stereocenters. The molecule has 10 heteroatoms. The van der Waals surface area contributed by atoms with Crippen molar-refractivity contribution in [2.45, 2.75) is 11.8 Å². The summed E-state index contributed by atoms with van der Waals surface area (Å²) in [5, 5.41) is 8.58. The number of hydrogen-bond acceptors (Lipinski definition) is 8. The first-order chi connectivity index (χ1) is 14.9. The minimum Gasteiger partial charge on any atom is -0.462 e. The molecule has 4 rings (SSSR count). The van der Waals surface area contributed by atoms with Crippen LogP contribution < -0.4 is 11.1 Å². The Morgan fingerprint density at radius 3 is 2.48 bits per heavy atom. The van der Waals surface area contributed by atoms with E-state index in [-0.39, 0.29) is 23.4 Å². The van der Waals surface area contributed by atoms with Gasteiger partial charge in [0, 0.05) is 5.69 Å². The topological polar surface area (TPSA) is 129 Å². The Morgan fingerprint density at radius 2 is 1.77 bits per heavy atom. The Morgan fingerprint density at radius 1 is 1.06 bits per heavy atom. The van der Waals surface area contributed by atoms with Crippen molar-refractivity contribution in [3.63, 3.8) is 0 Å². The second-order valence-corrected chi connectivity index (χ2v) is 8.34. The van der Waals surface area contributed by atoms with Crippen molar-refractivity contribution in [1.29, 1.82) is 0 Å². The van der Waals surface area contributed by atoms with Crippen LogP contribution in [0.5, 0.6) is 0 Å². The summed E-state index contributed by atoms with van der Waals surface area (Å²) in [6.45, 7) is 2.01. The quantitative estimate of drug-likeness (QED) is 0.440. The number of nitrogens with zero attached hydrogens (tertiary/aromatic N) is 3. The highest BCUT2D eigenvalue weighted by Gasteiger charge is 2.23. The van der Waals surface area contributed by atoms with Crippen molar-refractivity contribution in [2.24, 2.45) is 0 Å². The van der Waals surface area contributed by atoms with E-state index in [2.05, 4.69) is 15.4 Å². The average molecular weight is 437 g/mol. The van der Waals surface area contributed by atoms with Crippen LogP contribution in [0.15, 0.2) is 71.6 Å². The van der Waals surface area contributed by atoms with Crippen molar-refractivity contribution in [3.8, 4) is 0 Å². The van der Waals surface area contributed by atoms with Crippen LogP contribution in [-0.2, 0) is 14.8 Å². The van der Waals surface area contributed by atoms with Crippen LogP contribution >= 0.6 is 0 Å². The first-order valence-electron chi connectivity index (χ1n) is 9.39. The number of fused-ring (bicyclic) bond motifs is 1. The van der Waals surface area contributed by atoms with Gasteiger partial charge < -0.3 is 15.8 Å². The predicted molar refractivity (Wildman–Crippen MR) is 117 cm³/mol. The van der Waals surface area contributed by atoms with Gasteiger partial charge in [-0.05, 0) is 54.1 Å². The van der Waals surface area contributed by atoms with Gasteiger partial charge in [0.1, 0.15) is 0 Å². The molecule has 0 aliphatic heterocycles. The number of ether oxygens (including phenoxy) is 1. The van der Waals surface area contributed by atoms with Gasteiger partial charge in [-0.3, -0.25) is 0 Å². The van der Waals surface area contributed by atoms with Crippen LogP contribution in [0.4, 0.5) is 17.6 Å². The summed E-state index contributed by atoms with van der Waals surface area (Å²) in [5.41, 5.74) is 6.78. The largest absolute Gasteiger partial charge is 0.462 e. The third-order valence-electron chi connectivity index (χ3n) is 4.50. The van der Waals surface area contributed by atoms with E-state index in [1.54, 1.807) is 43.3 Å². The summed E-state index contributed by atoms with van der Waals surface area (Å²) in [6, 6.07) is 18.6. The van der Waals surface area contributed by atoms with E-state index in [1.807, 2.05) is 24.3 Å². The van der Waals surface area contributed by atoms with Crippen LogP contribution in [0.25, 0.3) is 10.8 Å². The Kier molecular flexibility index (Phi) is 5.30. The number of rotatable bonds is 6. The van der Waals surface area contributed by atoms with E-state index in [0.29, 0.717) is 15.3 Å². The molecule has 0 bridgehead atoms. The molecule has 0 saturated heterocycles. The number of benzene rings is 3. The molecule has 3 N–H and O–H groups in total. The summed E-state index contributed by atoms with van der Waals surface area (Å²) in [6.07, 6.45) is 0. The van der Waals surface area contributed by atoms with E-state index in [9.17, 15) is 13.2 Å². The van der Waals surface area contributed by atoms with E-state index >= 15 is 0 Å². The number of anilines is 3. The molecule has 0 radical (unpaired) electrons. The normalized spacial score (nSPS) is 11.4. The molecule has 1 heterocycles. The lowest BCUT2D eigenvalue weighted by Gasteiger charge is -2.06. The number of nitrogens with one attached hydrogen (secondary N) is 1. The molecule has 0 amide bonds. The minimum atomic E-state index is -4.04. The molecule has 0 saturated carbocycles. The first-order valence-corrected chi connectivity index (χ1v) is 10.8. The molecule has 1 aromatic heterocycles. The van der Waals surface area contributed by atoms with Crippen molar-refractivity contribution in [3.05, 3.63) is 72.3 Å². The van der Waals surface area contributed by atoms with E-state index in [0.717, 1.165) is 10.8 Å². The summed E-state index contributed by atoms with van der Waals surface area (Å²) in [5.74, 6) is -0.702. The fourth-order valence-electron chi connectivity index (χ4n) is 3.00. The Balaban J connectivity index is 1.60. The average Bonchev–Trinajstić information content (AvgIpc) is 3.14. The smallest absolute Gasteiger partial charge is 0.338 e. The number of nitrogens with two attached hydrogens (primary N) is 1. The summed E-state index contributed by atoms with van der Waals surface area (Å²) >= 11 is 0. The zero-order valence-electron chi connectivity index (χ0n) is 16.5. The zero-order valence-corrected chi connectivity index (χ0v) is 17.3. The standard InChI is InChI=1S/C21H19N5O4S/c1-2-30-19(27)15-7-10-17(11-8-15)23-21-24-20(22)26(25-21)31(28,29)18-12-9-14-5-3-4-6-16(14)13-18/h3-13H,2H2,1H3,(H3,22,23,24,25). The van der Waals surface area contributed by atoms with Gasteiger partial charge in [0.15, 0.2) is 0 Å². The highest BCUT2D eigenvalue weighted by Crippen LogP contribution is 2.23. The number of carbonyl (C=O) groups excluding carboxylic acids is 1. The Hall–Kier alpha value is -3.92. The van der Waals surface area contributed by atoms with E-state index < -0.39 is 16.0 Å². The maximum atomic E-state index is 13.0. The molecule has 3 aromatic carbocycles. The molecule has 0 aliphatic carbocycles. The molecule has 0 spiro atoms. The molecular formula is C21H19N5O4S. The third-order valence-corrected chi connectivity index (χ3v) is 6.07. The summed E-state index contributed by atoms with van der Waals surface area (Å²) < 4.78 is 31.7. The SMILES string of the molecule is CCOC(=O)c1ccc(Nc2nc(N)n(S(=O)(=O)c3ccc4ccccc4c3)n2)cc1. The van der Waals surface area contributed by atoms with Crippen LogP contribution in [0.2, 0.25) is 0 Å². The van der Waals surface area contributed by atoms with Crippen molar-refractivity contribution in [1.82, 2.24) is 14.2 Å². The van der Waals surface area contributed by atoms with Gasteiger partial charge in [-0.25, -0.2) is 4.79 Å². The number of carbonyl (C=O) groups is 1. The summed E-state index contributed by atoms with van der Waals surface area (Å²) in [4.78, 5) is 15.8. The van der Waals surface area contributed by atoms with Crippen LogP contribution in [0, 0.1) is 0 Å². The highest BCUT2D eigenvalue weighted by atomic mass is 32.2. The molecule has 0 aliphatic rings. The lowest BCUT2D eigenvalue weighted by molar-refractivity contribution is 0.0526. The van der Waals surface area contributed by atoms with Gasteiger partial charge >= 0.3 is 5.97 Å². The van der Waals surface area contributed by atoms with Gasteiger partial charge in [0.25, 0.3) is 10.0 Å². The third kappa shape index (κ3) is 4.05. The van der Waals surface area contributed by atoms with Gasteiger partial charge in [-0.2, -0.15) is 13.4 Å². The second kappa shape index (κ2) is 8.07. The predicted octanol–water partition coefficient (Wildman–Crippen LogP) is 3.17. The molecule has 31 heavy (non-hydrogen) atoms. The first kappa shape index (κ1) is 20.4. The van der Waals surface area contributed by atoms with Crippen molar-refractivity contribution in [2.75, 3.05) is 17.7 Å². The number of aromatic nitrogens is 3. The van der Waals surface area contributed by atoms with Crippen LogP contribution in [0.3, 0.4) is 0 Å². The van der Waals surface area contributed by atoms with Gasteiger partial charge in [-0.1, -0.05) is 30.3 Å². The Labute approximate surface area is 178 Å². The van der Waals surface area contributed by atoms with Crippen LogP contribution in [-0.4, -0.2) is 35.2 Å².